The van der Waals surface area contributed by atoms with Crippen LogP contribution in [-0.2, 0) is 23.9 Å². The van der Waals surface area contributed by atoms with Gasteiger partial charge in [-0.15, -0.1) is 0 Å². The number of hydrogen-bond donors (Lipinski definition) is 1. The molecule has 0 radical (unpaired) electrons. The number of benzene rings is 2. The van der Waals surface area contributed by atoms with E-state index in [0.717, 1.165) is 0 Å². The highest BCUT2D eigenvalue weighted by molar-refractivity contribution is 6.07. The zero-order valence-corrected chi connectivity index (χ0v) is 18.9. The van der Waals surface area contributed by atoms with Crippen LogP contribution >= 0.6 is 0 Å². The highest BCUT2D eigenvalue weighted by Gasteiger charge is 2.69. The number of esters is 2. The van der Waals surface area contributed by atoms with E-state index in [4.69, 9.17) is 28.4 Å². The van der Waals surface area contributed by atoms with Gasteiger partial charge in [0, 0.05) is 32.1 Å². The van der Waals surface area contributed by atoms with Crippen molar-refractivity contribution in [2.45, 2.75) is 44.0 Å². The molecule has 1 aliphatic carbocycles. The summed E-state index contributed by atoms with van der Waals surface area (Å²) in [6.07, 6.45) is -1.95. The van der Waals surface area contributed by atoms with Crippen LogP contribution in [0.2, 0.25) is 0 Å². The zero-order chi connectivity index (χ0) is 24.5. The average Bonchev–Trinajstić information content (AvgIpc) is 3.46. The van der Waals surface area contributed by atoms with Crippen molar-refractivity contribution in [2.24, 2.45) is 5.41 Å². The Balaban J connectivity index is 1.57. The van der Waals surface area contributed by atoms with Gasteiger partial charge in [0.15, 0.2) is 34.2 Å². The molecule has 1 saturated heterocycles. The Morgan fingerprint density at radius 3 is 1.89 bits per heavy atom. The smallest absolute Gasteiger partial charge is 0.328 e. The largest absolute Gasteiger partial charge is 0.454 e. The Labute approximate surface area is 199 Å². The van der Waals surface area contributed by atoms with E-state index < -0.39 is 46.9 Å². The van der Waals surface area contributed by atoms with Gasteiger partial charge in [0.25, 0.3) is 5.79 Å². The van der Waals surface area contributed by atoms with Crippen LogP contribution < -0.4 is 18.9 Å². The molecule has 182 valence electrons. The van der Waals surface area contributed by atoms with Gasteiger partial charge in [-0.1, -0.05) is 12.1 Å². The lowest BCUT2D eigenvalue weighted by molar-refractivity contribution is -0.258. The third-order valence-corrected chi connectivity index (χ3v) is 7.00. The number of fused-ring (bicyclic) bond motifs is 2. The van der Waals surface area contributed by atoms with Crippen LogP contribution in [0.25, 0.3) is 0 Å². The quantitative estimate of drug-likeness (QED) is 0.503. The van der Waals surface area contributed by atoms with Crippen molar-refractivity contribution in [3.63, 3.8) is 0 Å². The van der Waals surface area contributed by atoms with E-state index in [-0.39, 0.29) is 20.0 Å². The fraction of sp³-hybridized carbons (Fsp3) is 0.400. The topological polar surface area (TPSA) is 127 Å². The third kappa shape index (κ3) is 3.09. The molecule has 0 unspecified atom stereocenters. The molecule has 2 fully saturated rings. The first-order valence-corrected chi connectivity index (χ1v) is 11.2. The summed E-state index contributed by atoms with van der Waals surface area (Å²) in [7, 11) is 0. The average molecular weight is 482 g/mol. The van der Waals surface area contributed by atoms with Crippen LogP contribution in [0.4, 0.5) is 0 Å². The lowest BCUT2D eigenvalue weighted by atomic mass is 9.54. The molecule has 1 saturated carbocycles. The van der Waals surface area contributed by atoms with Crippen molar-refractivity contribution in [3.8, 4) is 23.0 Å². The number of cyclic esters (lactones) is 2. The molecular weight excluding hydrogens is 460 g/mol. The molecule has 10 heteroatoms. The van der Waals surface area contributed by atoms with Crippen LogP contribution in [0, 0.1) is 5.41 Å². The highest BCUT2D eigenvalue weighted by Crippen LogP contribution is 2.59. The van der Waals surface area contributed by atoms with Crippen molar-refractivity contribution in [1.82, 2.24) is 0 Å². The molecule has 0 aromatic heterocycles. The number of Topliss-reactive ketones (excluding diaryl/α,β-unsaturated/α-hetero) is 1. The van der Waals surface area contributed by atoms with Crippen molar-refractivity contribution < 1.29 is 47.9 Å². The first kappa shape index (κ1) is 21.7. The van der Waals surface area contributed by atoms with Gasteiger partial charge in [0.05, 0.1) is 0 Å². The van der Waals surface area contributed by atoms with Gasteiger partial charge in [-0.3, -0.25) is 14.4 Å². The number of carbonyl (C=O) groups is 3. The van der Waals surface area contributed by atoms with Crippen molar-refractivity contribution in [2.75, 3.05) is 13.6 Å². The first-order valence-electron chi connectivity index (χ1n) is 11.2. The molecule has 0 bridgehead atoms. The predicted octanol–water partition coefficient (Wildman–Crippen LogP) is 2.17. The molecule has 3 aliphatic heterocycles. The minimum atomic E-state index is -2.05. The second-order valence-corrected chi connectivity index (χ2v) is 9.42. The molecule has 6 rings (SSSR count). The van der Waals surface area contributed by atoms with Crippen molar-refractivity contribution in [3.05, 3.63) is 47.5 Å². The normalized spacial score (nSPS) is 27.5. The molecule has 1 spiro atoms. The molecule has 2 aromatic rings. The van der Waals surface area contributed by atoms with Gasteiger partial charge in [-0.25, -0.2) is 0 Å². The van der Waals surface area contributed by atoms with Crippen molar-refractivity contribution >= 4 is 17.7 Å². The second-order valence-electron chi connectivity index (χ2n) is 9.42. The zero-order valence-electron chi connectivity index (χ0n) is 18.9. The van der Waals surface area contributed by atoms with E-state index in [1.165, 1.54) is 13.8 Å². The standard InChI is InChI=1S/C25H22O10/c1-24(2)34-22(28)25(23(29)35-24)14(12-3-5-16-18(7-12)32-10-30-16)9-15(26)21(27)20(25)13-4-6-17-19(8-13)33-11-31-17/h3-8,14,20-21,27H,9-11H2,1-2H3/t14-,20-,21+/m1/s1. The molecule has 3 heterocycles. The Morgan fingerprint density at radius 1 is 0.771 bits per heavy atom. The molecule has 10 nitrogen and oxygen atoms in total. The van der Waals surface area contributed by atoms with Crippen LogP contribution in [-0.4, -0.2) is 48.3 Å². The summed E-state index contributed by atoms with van der Waals surface area (Å²) in [5.74, 6) is -4.31. The molecule has 0 amide bonds. The number of ether oxygens (including phenoxy) is 6. The summed E-state index contributed by atoms with van der Waals surface area (Å²) in [5, 5.41) is 11.2. The summed E-state index contributed by atoms with van der Waals surface area (Å²) in [5.41, 5.74) is -1.23. The summed E-state index contributed by atoms with van der Waals surface area (Å²) in [6.45, 7) is 2.94. The van der Waals surface area contributed by atoms with E-state index in [2.05, 4.69) is 0 Å². The van der Waals surface area contributed by atoms with Gasteiger partial charge in [-0.2, -0.15) is 0 Å². The Kier molecular flexibility index (Phi) is 4.56. The van der Waals surface area contributed by atoms with Crippen molar-refractivity contribution in [1.29, 1.82) is 0 Å². The summed E-state index contributed by atoms with van der Waals surface area (Å²) in [6, 6.07) is 9.72. The maximum absolute atomic E-state index is 13.8. The number of aliphatic hydroxyl groups excluding tert-OH is 1. The molecule has 2 aromatic carbocycles. The SMILES string of the molecule is CC1(C)OC(=O)C2(C(=O)O1)[C@@H](c1ccc3c(c1)OCO3)CC(=O)[C@H](O)[C@H]2c1ccc2c(c1)OCO2. The monoisotopic (exact) mass is 482 g/mol. The molecular formula is C25H22O10. The minimum absolute atomic E-state index is 0.00811. The summed E-state index contributed by atoms with van der Waals surface area (Å²) < 4.78 is 32.9. The third-order valence-electron chi connectivity index (χ3n) is 7.00. The number of carbonyl (C=O) groups excluding carboxylic acids is 3. The van der Waals surface area contributed by atoms with Gasteiger partial charge in [-0.05, 0) is 35.4 Å². The molecule has 35 heavy (non-hydrogen) atoms. The lowest BCUT2D eigenvalue weighted by Crippen LogP contribution is -2.64. The maximum Gasteiger partial charge on any atom is 0.328 e. The Morgan fingerprint density at radius 2 is 1.29 bits per heavy atom. The molecule has 1 N–H and O–H groups in total. The second kappa shape index (κ2) is 7.35. The van der Waals surface area contributed by atoms with Gasteiger partial charge in [0.1, 0.15) is 6.10 Å². The van der Waals surface area contributed by atoms with Crippen LogP contribution in [0.5, 0.6) is 23.0 Å². The first-order chi connectivity index (χ1) is 16.7. The van der Waals surface area contributed by atoms with Gasteiger partial charge < -0.3 is 33.5 Å². The molecule has 4 aliphatic rings. The maximum atomic E-state index is 13.8. The van der Waals surface area contributed by atoms with Crippen LogP contribution in [0.3, 0.4) is 0 Å². The lowest BCUT2D eigenvalue weighted by Gasteiger charge is -2.51. The number of hydrogen-bond acceptors (Lipinski definition) is 10. The summed E-state index contributed by atoms with van der Waals surface area (Å²) in [4.78, 5) is 40.8. The number of ketones is 1. The predicted molar refractivity (Wildman–Crippen MR) is 115 cm³/mol. The van der Waals surface area contributed by atoms with E-state index in [1.807, 2.05) is 0 Å². The van der Waals surface area contributed by atoms with E-state index in [9.17, 15) is 19.5 Å². The van der Waals surface area contributed by atoms with Crippen LogP contribution in [0.1, 0.15) is 43.2 Å². The van der Waals surface area contributed by atoms with Gasteiger partial charge >= 0.3 is 11.9 Å². The van der Waals surface area contributed by atoms with Gasteiger partial charge in [0.2, 0.25) is 13.6 Å². The van der Waals surface area contributed by atoms with E-state index in [0.29, 0.717) is 34.1 Å². The highest BCUT2D eigenvalue weighted by atomic mass is 16.7. The number of aliphatic hydroxyl groups is 1. The fourth-order valence-corrected chi connectivity index (χ4v) is 5.45. The fourth-order valence-electron chi connectivity index (χ4n) is 5.45. The minimum Gasteiger partial charge on any atom is -0.454 e. The molecule has 3 atom stereocenters. The van der Waals surface area contributed by atoms with E-state index in [1.54, 1.807) is 36.4 Å². The Bertz CT molecular complexity index is 1240. The Hall–Kier alpha value is -3.79. The summed E-state index contributed by atoms with van der Waals surface area (Å²) >= 11 is 0. The van der Waals surface area contributed by atoms with E-state index >= 15 is 0 Å². The van der Waals surface area contributed by atoms with Crippen LogP contribution in [0.15, 0.2) is 36.4 Å². The number of rotatable bonds is 2.